The average molecular weight is 416 g/mol. The van der Waals surface area contributed by atoms with Crippen LogP contribution in [-0.2, 0) is 6.54 Å². The maximum atomic E-state index is 14.2. The molecular formula is C22H27ClFN5. The Morgan fingerprint density at radius 3 is 2.38 bits per heavy atom. The molecule has 1 aromatic heterocycles. The second-order valence-electron chi connectivity index (χ2n) is 7.97. The number of fused-ring (bicyclic) bond motifs is 1. The molecule has 29 heavy (non-hydrogen) atoms. The number of benzene rings is 2. The molecule has 5 nitrogen and oxygen atoms in total. The lowest BCUT2D eigenvalue weighted by Gasteiger charge is -2.29. The number of aryl methyl sites for hydroxylation is 2. The number of halogens is 2. The molecule has 3 aromatic rings. The lowest BCUT2D eigenvalue weighted by atomic mass is 10.1. The zero-order valence-corrected chi connectivity index (χ0v) is 18.1. The molecule has 1 fully saturated rings. The SMILES string of the molecule is Cc1cc(Cn2c(N3CCNCC3)nc3c(N(C)C)cc(Cl)cc32)cc(C)c1F. The van der Waals surface area contributed by atoms with E-state index in [1.54, 1.807) is 0 Å². The Balaban J connectivity index is 1.90. The summed E-state index contributed by atoms with van der Waals surface area (Å²) in [5.41, 5.74) is 5.32. The summed E-state index contributed by atoms with van der Waals surface area (Å²) in [6.07, 6.45) is 0. The summed E-state index contributed by atoms with van der Waals surface area (Å²) in [6, 6.07) is 7.78. The molecule has 154 valence electrons. The van der Waals surface area contributed by atoms with E-state index >= 15 is 0 Å². The van der Waals surface area contributed by atoms with Crippen LogP contribution in [-0.4, -0.2) is 49.8 Å². The Morgan fingerprint density at radius 2 is 1.76 bits per heavy atom. The first-order valence-electron chi connectivity index (χ1n) is 9.93. The molecule has 1 N–H and O–H groups in total. The number of aromatic nitrogens is 2. The Hall–Kier alpha value is -2.31. The lowest BCUT2D eigenvalue weighted by Crippen LogP contribution is -2.44. The van der Waals surface area contributed by atoms with Gasteiger partial charge in [-0.2, -0.15) is 0 Å². The molecule has 0 amide bonds. The summed E-state index contributed by atoms with van der Waals surface area (Å²) in [5.74, 6) is 0.802. The number of nitrogens with zero attached hydrogens (tertiary/aromatic N) is 4. The van der Waals surface area contributed by atoms with Gasteiger partial charge in [0.15, 0.2) is 0 Å². The molecule has 1 aliphatic rings. The summed E-state index contributed by atoms with van der Waals surface area (Å²) >= 11 is 6.47. The highest BCUT2D eigenvalue weighted by Crippen LogP contribution is 2.34. The summed E-state index contributed by atoms with van der Waals surface area (Å²) in [6.45, 7) is 7.90. The molecule has 0 aliphatic carbocycles. The fraction of sp³-hybridized carbons (Fsp3) is 0.409. The van der Waals surface area contributed by atoms with Crippen molar-refractivity contribution >= 4 is 34.3 Å². The molecule has 0 saturated carbocycles. The molecule has 0 unspecified atom stereocenters. The predicted molar refractivity (Wildman–Crippen MR) is 119 cm³/mol. The van der Waals surface area contributed by atoms with Crippen LogP contribution in [0.1, 0.15) is 16.7 Å². The van der Waals surface area contributed by atoms with E-state index in [9.17, 15) is 4.39 Å². The third kappa shape index (κ3) is 3.79. The van der Waals surface area contributed by atoms with Crippen molar-refractivity contribution in [2.24, 2.45) is 0 Å². The third-order valence-corrected chi connectivity index (χ3v) is 5.72. The quantitative estimate of drug-likeness (QED) is 0.699. The van der Waals surface area contributed by atoms with E-state index in [0.29, 0.717) is 22.7 Å². The molecule has 7 heteroatoms. The summed E-state index contributed by atoms with van der Waals surface area (Å²) in [7, 11) is 4.00. The van der Waals surface area contributed by atoms with Gasteiger partial charge in [-0.15, -0.1) is 0 Å². The molecule has 1 saturated heterocycles. The van der Waals surface area contributed by atoms with Crippen molar-refractivity contribution in [3.8, 4) is 0 Å². The van der Waals surface area contributed by atoms with Crippen molar-refractivity contribution in [3.05, 3.63) is 51.8 Å². The van der Waals surface area contributed by atoms with Gasteiger partial charge in [0.25, 0.3) is 0 Å². The van der Waals surface area contributed by atoms with Crippen LogP contribution >= 0.6 is 11.6 Å². The van der Waals surface area contributed by atoms with Crippen LogP contribution < -0.4 is 15.1 Å². The zero-order valence-electron chi connectivity index (χ0n) is 17.4. The first-order chi connectivity index (χ1) is 13.8. The van der Waals surface area contributed by atoms with Crippen LogP contribution in [0, 0.1) is 19.7 Å². The van der Waals surface area contributed by atoms with Crippen molar-refractivity contribution in [1.82, 2.24) is 14.9 Å². The first-order valence-corrected chi connectivity index (χ1v) is 10.3. The number of nitrogens with one attached hydrogen (secondary N) is 1. The topological polar surface area (TPSA) is 36.3 Å². The maximum Gasteiger partial charge on any atom is 0.207 e. The van der Waals surface area contributed by atoms with Crippen molar-refractivity contribution in [3.63, 3.8) is 0 Å². The number of hydrogen-bond acceptors (Lipinski definition) is 4. The van der Waals surface area contributed by atoms with Crippen LogP contribution in [0.4, 0.5) is 16.0 Å². The van der Waals surface area contributed by atoms with E-state index < -0.39 is 0 Å². The van der Waals surface area contributed by atoms with Crippen LogP contribution in [0.15, 0.2) is 24.3 Å². The van der Waals surface area contributed by atoms with Gasteiger partial charge in [0.1, 0.15) is 11.3 Å². The maximum absolute atomic E-state index is 14.2. The number of anilines is 2. The van der Waals surface area contributed by atoms with Gasteiger partial charge in [-0.05, 0) is 42.7 Å². The van der Waals surface area contributed by atoms with Gasteiger partial charge in [-0.3, -0.25) is 0 Å². The molecule has 2 aromatic carbocycles. The zero-order chi connectivity index (χ0) is 20.7. The van der Waals surface area contributed by atoms with E-state index in [1.165, 1.54) is 0 Å². The van der Waals surface area contributed by atoms with Gasteiger partial charge in [0.05, 0.1) is 17.7 Å². The van der Waals surface area contributed by atoms with Crippen LogP contribution in [0.2, 0.25) is 5.02 Å². The monoisotopic (exact) mass is 415 g/mol. The Labute approximate surface area is 176 Å². The minimum atomic E-state index is -0.135. The molecule has 0 bridgehead atoms. The van der Waals surface area contributed by atoms with Crippen molar-refractivity contribution < 1.29 is 4.39 Å². The smallest absolute Gasteiger partial charge is 0.207 e. The van der Waals surface area contributed by atoms with Gasteiger partial charge >= 0.3 is 0 Å². The first kappa shape index (κ1) is 20.0. The van der Waals surface area contributed by atoms with Gasteiger partial charge in [0, 0.05) is 45.3 Å². The molecule has 0 atom stereocenters. The molecule has 1 aliphatic heterocycles. The van der Waals surface area contributed by atoms with Crippen LogP contribution in [0.25, 0.3) is 11.0 Å². The Bertz CT molecular complexity index is 1030. The highest BCUT2D eigenvalue weighted by atomic mass is 35.5. The number of imidazole rings is 1. The second kappa shape index (κ2) is 7.84. The van der Waals surface area contributed by atoms with Gasteiger partial charge < -0.3 is 19.7 Å². The number of piperazine rings is 1. The Kier molecular flexibility index (Phi) is 5.40. The molecule has 0 radical (unpaired) electrons. The minimum Gasteiger partial charge on any atom is -0.376 e. The lowest BCUT2D eigenvalue weighted by molar-refractivity contribution is 0.571. The minimum absolute atomic E-state index is 0.135. The highest BCUT2D eigenvalue weighted by Gasteiger charge is 2.22. The average Bonchev–Trinajstić information content (AvgIpc) is 3.04. The van der Waals surface area contributed by atoms with Crippen LogP contribution in [0.3, 0.4) is 0 Å². The molecule has 0 spiro atoms. The van der Waals surface area contributed by atoms with E-state index in [0.717, 1.165) is 54.4 Å². The second-order valence-corrected chi connectivity index (χ2v) is 8.40. The van der Waals surface area contributed by atoms with Crippen molar-refractivity contribution in [2.45, 2.75) is 20.4 Å². The highest BCUT2D eigenvalue weighted by molar-refractivity contribution is 6.31. The fourth-order valence-corrected chi connectivity index (χ4v) is 4.28. The van der Waals surface area contributed by atoms with Gasteiger partial charge in [-0.1, -0.05) is 23.7 Å². The molecule has 4 rings (SSSR count). The summed E-state index contributed by atoms with van der Waals surface area (Å²) in [4.78, 5) is 9.40. The predicted octanol–water partition coefficient (Wildman–Crippen LogP) is 3.97. The van der Waals surface area contributed by atoms with E-state index in [2.05, 4.69) is 14.8 Å². The van der Waals surface area contributed by atoms with E-state index in [-0.39, 0.29) is 5.82 Å². The summed E-state index contributed by atoms with van der Waals surface area (Å²) in [5, 5.41) is 4.08. The molecule has 2 heterocycles. The molecular weight excluding hydrogens is 389 g/mol. The van der Waals surface area contributed by atoms with Gasteiger partial charge in [-0.25, -0.2) is 9.37 Å². The van der Waals surface area contributed by atoms with Crippen molar-refractivity contribution in [2.75, 3.05) is 50.1 Å². The van der Waals surface area contributed by atoms with Crippen LogP contribution in [0.5, 0.6) is 0 Å². The number of hydrogen-bond donors (Lipinski definition) is 1. The number of rotatable bonds is 4. The normalized spacial score (nSPS) is 14.6. The van der Waals surface area contributed by atoms with E-state index in [4.69, 9.17) is 16.6 Å². The van der Waals surface area contributed by atoms with Crippen molar-refractivity contribution in [1.29, 1.82) is 0 Å². The Morgan fingerprint density at radius 1 is 1.10 bits per heavy atom. The standard InChI is InChI=1S/C22H27ClFN5/c1-14-9-16(10-15(2)20(14)24)13-29-19-12-17(23)11-18(27(3)4)21(19)26-22(29)28-7-5-25-6-8-28/h9-12,25H,5-8,13H2,1-4H3. The summed E-state index contributed by atoms with van der Waals surface area (Å²) < 4.78 is 16.4. The van der Waals surface area contributed by atoms with E-state index in [1.807, 2.05) is 57.1 Å². The third-order valence-electron chi connectivity index (χ3n) is 5.50. The largest absolute Gasteiger partial charge is 0.376 e. The van der Waals surface area contributed by atoms with Gasteiger partial charge in [0.2, 0.25) is 5.95 Å². The fourth-order valence-electron chi connectivity index (χ4n) is 4.07.